The molecule has 0 aliphatic rings. The number of thioether (sulfide) groups is 1. The van der Waals surface area contributed by atoms with E-state index in [1.807, 2.05) is 36.6 Å². The van der Waals surface area contributed by atoms with Crippen molar-refractivity contribution in [2.75, 3.05) is 5.75 Å². The number of carbonyl (C=O) groups is 2. The second-order valence-electron chi connectivity index (χ2n) is 10.0. The Morgan fingerprint density at radius 3 is 2.18 bits per heavy atom. The number of Topliss-reactive ketones (excluding diaryl/α,β-unsaturated/α-hetero) is 1. The third-order valence-electron chi connectivity index (χ3n) is 7.18. The van der Waals surface area contributed by atoms with Crippen LogP contribution in [0, 0.1) is 6.92 Å². The summed E-state index contributed by atoms with van der Waals surface area (Å²) in [5.74, 6) is -0.532. The van der Waals surface area contributed by atoms with Gasteiger partial charge >= 0.3 is 16.6 Å². The zero-order valence-electron chi connectivity index (χ0n) is 24.1. The van der Waals surface area contributed by atoms with E-state index in [1.54, 1.807) is 66.7 Å². The number of nitrogens with zero attached hydrogens (tertiary/aromatic N) is 2. The van der Waals surface area contributed by atoms with Crippen LogP contribution in [0.25, 0.3) is 21.8 Å². The third-order valence-corrected chi connectivity index (χ3v) is 9.04. The fourth-order valence-corrected chi connectivity index (χ4v) is 6.22. The number of aryl methyl sites for hydroxylation is 2. The van der Waals surface area contributed by atoms with Gasteiger partial charge in [-0.1, -0.05) is 41.0 Å². The van der Waals surface area contributed by atoms with Crippen molar-refractivity contribution in [3.8, 4) is 0 Å². The molecule has 5 rings (SSSR count). The molecule has 0 saturated heterocycles. The van der Waals surface area contributed by atoms with Crippen molar-refractivity contribution in [1.82, 2.24) is 4.57 Å². The number of halogens is 4. The van der Waals surface area contributed by atoms with E-state index in [4.69, 9.17) is 11.6 Å². The maximum absolute atomic E-state index is 13.7. The van der Waals surface area contributed by atoms with Crippen LogP contribution in [0.2, 0.25) is 5.02 Å². The lowest BCUT2D eigenvalue weighted by Gasteiger charge is -2.08. The summed E-state index contributed by atoms with van der Waals surface area (Å²) in [4.78, 5) is 27.9. The Labute approximate surface area is 268 Å². The summed E-state index contributed by atoms with van der Waals surface area (Å²) in [5.41, 5.74) is -1.74. The number of hydrogen-bond acceptors (Lipinski definition) is 6. The molecule has 45 heavy (non-hydrogen) atoms. The molecule has 1 unspecified atom stereocenters. The Kier molecular flexibility index (Phi) is 9.81. The van der Waals surface area contributed by atoms with Crippen LogP contribution in [0.5, 0.6) is 0 Å². The fraction of sp³-hybridized carbons (Fsp3) is 0.182. The minimum Gasteiger partial charge on any atom is -0.341 e. The Bertz CT molecular complexity index is 1970. The van der Waals surface area contributed by atoms with Crippen molar-refractivity contribution < 1.29 is 31.3 Å². The first-order valence-corrected chi connectivity index (χ1v) is 16.2. The number of benzene rings is 4. The van der Waals surface area contributed by atoms with Gasteiger partial charge in [0.15, 0.2) is 5.78 Å². The molecule has 0 aliphatic carbocycles. The zero-order valence-corrected chi connectivity index (χ0v) is 26.4. The smallest absolute Gasteiger partial charge is 0.341 e. The maximum atomic E-state index is 13.7. The van der Waals surface area contributed by atoms with Gasteiger partial charge in [-0.3, -0.25) is 13.9 Å². The van der Waals surface area contributed by atoms with Gasteiger partial charge in [-0.15, -0.1) is 11.8 Å². The lowest BCUT2D eigenvalue weighted by atomic mass is 9.97. The summed E-state index contributed by atoms with van der Waals surface area (Å²) in [6, 6.07) is 24.6. The first-order chi connectivity index (χ1) is 21.5. The van der Waals surface area contributed by atoms with E-state index in [0.717, 1.165) is 26.9 Å². The average molecular weight is 671 g/mol. The molecule has 6 nitrogen and oxygen atoms in total. The molecule has 0 N–H and O–H groups in total. The van der Waals surface area contributed by atoms with Crippen LogP contribution in [0.3, 0.4) is 0 Å². The molecular weight excluding hydrogens is 645 g/mol. The van der Waals surface area contributed by atoms with Gasteiger partial charge in [0.1, 0.15) is 5.71 Å². The summed E-state index contributed by atoms with van der Waals surface area (Å²) in [5, 5.41) is 5.39. The number of aromatic nitrogens is 1. The number of carbonyl (C=O) groups excluding carboxylic acids is 2. The van der Waals surface area contributed by atoms with Crippen LogP contribution in [0.15, 0.2) is 95.0 Å². The molecule has 1 heterocycles. The molecule has 1 atom stereocenters. The van der Waals surface area contributed by atoms with Crippen molar-refractivity contribution in [2.45, 2.75) is 37.2 Å². The Hall–Kier alpha value is -3.93. The first kappa shape index (κ1) is 32.5. The lowest BCUT2D eigenvalue weighted by Crippen LogP contribution is -2.20. The molecule has 232 valence electrons. The zero-order chi connectivity index (χ0) is 32.3. The highest BCUT2D eigenvalue weighted by molar-refractivity contribution is 7.99. The molecule has 0 radical (unpaired) electrons. The van der Waals surface area contributed by atoms with Crippen LogP contribution in [0.1, 0.15) is 45.2 Å². The number of rotatable bonds is 11. The Morgan fingerprint density at radius 2 is 1.56 bits per heavy atom. The van der Waals surface area contributed by atoms with Crippen LogP contribution < -0.4 is 0 Å². The first-order valence-electron chi connectivity index (χ1n) is 13.8. The van der Waals surface area contributed by atoms with E-state index < -0.39 is 22.4 Å². The normalized spacial score (nSPS) is 12.9. The fourth-order valence-electron chi connectivity index (χ4n) is 5.00. The minimum atomic E-state index is -5.16. The maximum Gasteiger partial charge on any atom is 0.510 e. The van der Waals surface area contributed by atoms with Crippen LogP contribution in [-0.4, -0.2) is 37.3 Å². The van der Waals surface area contributed by atoms with Crippen molar-refractivity contribution in [3.05, 3.63) is 112 Å². The summed E-state index contributed by atoms with van der Waals surface area (Å²) in [6.45, 7) is 4.46. The summed E-state index contributed by atoms with van der Waals surface area (Å²) in [6.07, 6.45) is -0.0645. The predicted molar refractivity (Wildman–Crippen MR) is 174 cm³/mol. The third kappa shape index (κ3) is 7.16. The topological polar surface area (TPSA) is 77.7 Å². The minimum absolute atomic E-state index is 0.0645. The number of hydrogen-bond donors (Lipinski definition) is 0. The van der Waals surface area contributed by atoms with Gasteiger partial charge in [-0.2, -0.15) is 13.2 Å². The van der Waals surface area contributed by atoms with Gasteiger partial charge < -0.3 is 4.57 Å². The quantitative estimate of drug-likeness (QED) is 0.0607. The highest BCUT2D eigenvalue weighted by atomic mass is 35.5. The van der Waals surface area contributed by atoms with Gasteiger partial charge in [0.25, 0.3) is 0 Å². The van der Waals surface area contributed by atoms with Gasteiger partial charge in [0, 0.05) is 67.1 Å². The second kappa shape index (κ2) is 13.6. The van der Waals surface area contributed by atoms with Crippen molar-refractivity contribution >= 4 is 73.5 Å². The SMILES string of the molecule is CCn1c2ccc(C(=O)C(CCSc3ccc(Cl)cc3)=NOS(=O)C(F)(F)F)cc2c2cc(C(=O)c3ccccc3C)ccc21. The molecular formula is C33H26ClF3N2O4S2. The number of alkyl halides is 3. The van der Waals surface area contributed by atoms with E-state index in [2.05, 4.69) is 9.44 Å². The Balaban J connectivity index is 1.51. The summed E-state index contributed by atoms with van der Waals surface area (Å²) < 4.78 is 56.5. The largest absolute Gasteiger partial charge is 0.510 e. The van der Waals surface area contributed by atoms with E-state index in [1.165, 1.54) is 11.8 Å². The molecule has 1 aromatic heterocycles. The van der Waals surface area contributed by atoms with Crippen LogP contribution in [-0.2, 0) is 21.9 Å². The average Bonchev–Trinajstić information content (AvgIpc) is 3.34. The molecule has 0 fully saturated rings. The number of oxime groups is 1. The summed E-state index contributed by atoms with van der Waals surface area (Å²) in [7, 11) is 0. The van der Waals surface area contributed by atoms with Gasteiger partial charge in [0.2, 0.25) is 5.78 Å². The van der Waals surface area contributed by atoms with Gasteiger partial charge in [-0.25, -0.2) is 4.21 Å². The predicted octanol–water partition coefficient (Wildman–Crippen LogP) is 8.93. The molecule has 0 saturated carbocycles. The molecule has 0 amide bonds. The van der Waals surface area contributed by atoms with Crippen molar-refractivity contribution in [3.63, 3.8) is 0 Å². The number of ketones is 2. The van der Waals surface area contributed by atoms with Crippen LogP contribution in [0.4, 0.5) is 13.2 Å². The second-order valence-corrected chi connectivity index (χ2v) is 12.7. The van der Waals surface area contributed by atoms with Crippen molar-refractivity contribution in [1.29, 1.82) is 0 Å². The molecule has 0 aliphatic heterocycles. The lowest BCUT2D eigenvalue weighted by molar-refractivity contribution is -0.0471. The molecule has 4 aromatic carbocycles. The van der Waals surface area contributed by atoms with Crippen molar-refractivity contribution in [2.24, 2.45) is 5.16 Å². The van der Waals surface area contributed by atoms with E-state index in [-0.39, 0.29) is 29.2 Å². The van der Waals surface area contributed by atoms with E-state index >= 15 is 0 Å². The highest BCUT2D eigenvalue weighted by Gasteiger charge is 2.40. The van der Waals surface area contributed by atoms with Gasteiger partial charge in [-0.05, 0) is 80.1 Å². The molecule has 5 aromatic rings. The molecule has 0 spiro atoms. The molecule has 0 bridgehead atoms. The molecule has 12 heteroatoms. The van der Waals surface area contributed by atoms with Crippen LogP contribution >= 0.6 is 23.4 Å². The standard InChI is InChI=1S/C33H26ClF3N2O4S2/c1-3-39-29-14-8-21(31(40)25-7-5-4-6-20(25)2)18-26(29)27-19-22(9-15-30(27)39)32(41)28(38-43-45(42)33(35,36)37)16-17-44-24-12-10-23(34)11-13-24/h4-15,18-19H,3,16-17H2,1-2H3. The number of fused-ring (bicyclic) bond motifs is 3. The van der Waals surface area contributed by atoms with Gasteiger partial charge in [0.05, 0.1) is 0 Å². The highest BCUT2D eigenvalue weighted by Crippen LogP contribution is 2.32. The van der Waals surface area contributed by atoms with E-state index in [9.17, 15) is 27.0 Å². The summed E-state index contributed by atoms with van der Waals surface area (Å²) >= 11 is 3.54. The van der Waals surface area contributed by atoms with E-state index in [0.29, 0.717) is 28.1 Å². The monoisotopic (exact) mass is 670 g/mol. The Morgan fingerprint density at radius 1 is 0.933 bits per heavy atom.